The Morgan fingerprint density at radius 1 is 1.24 bits per heavy atom. The highest BCUT2D eigenvalue weighted by atomic mass is 16.2. The zero-order chi connectivity index (χ0) is 15.2. The van der Waals surface area contributed by atoms with E-state index in [9.17, 15) is 4.79 Å². The lowest BCUT2D eigenvalue weighted by molar-refractivity contribution is -0.118. The average molecular weight is 288 g/mol. The van der Waals surface area contributed by atoms with Gasteiger partial charge in [0.25, 0.3) is 0 Å². The van der Waals surface area contributed by atoms with Crippen LogP contribution in [0.2, 0.25) is 0 Å². The molecule has 0 fully saturated rings. The van der Waals surface area contributed by atoms with Gasteiger partial charge >= 0.3 is 0 Å². The SMILES string of the molecule is CCCNC(CN1C(=O)CCCc2ccccc21)C(C)C. The Morgan fingerprint density at radius 2 is 2.00 bits per heavy atom. The van der Waals surface area contributed by atoms with Crippen LogP contribution in [-0.4, -0.2) is 25.0 Å². The van der Waals surface area contributed by atoms with Gasteiger partial charge in [-0.2, -0.15) is 0 Å². The number of para-hydroxylation sites is 1. The van der Waals surface area contributed by atoms with Crippen LogP contribution in [0.25, 0.3) is 0 Å². The summed E-state index contributed by atoms with van der Waals surface area (Å²) in [6.45, 7) is 8.40. The van der Waals surface area contributed by atoms with Gasteiger partial charge in [-0.05, 0) is 43.4 Å². The molecular formula is C18H28N2O. The Morgan fingerprint density at radius 3 is 2.71 bits per heavy atom. The quantitative estimate of drug-likeness (QED) is 0.870. The second-order valence-electron chi connectivity index (χ2n) is 6.29. The number of hydrogen-bond acceptors (Lipinski definition) is 2. The lowest BCUT2D eigenvalue weighted by Gasteiger charge is -2.31. The third kappa shape index (κ3) is 4.07. The van der Waals surface area contributed by atoms with E-state index in [-0.39, 0.29) is 5.91 Å². The standard InChI is InChI=1S/C18H28N2O/c1-4-12-19-16(14(2)3)13-20-17-10-6-5-8-15(17)9-7-11-18(20)21/h5-6,8,10,14,16,19H,4,7,9,11-13H2,1-3H3. The Bertz CT molecular complexity index is 470. The van der Waals surface area contributed by atoms with Gasteiger partial charge in [-0.1, -0.05) is 39.0 Å². The summed E-state index contributed by atoms with van der Waals surface area (Å²) in [6.07, 6.45) is 3.75. The van der Waals surface area contributed by atoms with Gasteiger partial charge in [0.05, 0.1) is 0 Å². The number of rotatable bonds is 6. The molecule has 116 valence electrons. The Kier molecular flexibility index (Phi) is 5.80. The molecule has 1 unspecified atom stereocenters. The summed E-state index contributed by atoms with van der Waals surface area (Å²) in [4.78, 5) is 14.5. The van der Waals surface area contributed by atoms with E-state index in [1.807, 2.05) is 11.0 Å². The van der Waals surface area contributed by atoms with Crippen molar-refractivity contribution in [2.45, 2.75) is 52.5 Å². The number of amides is 1. The molecule has 0 aliphatic carbocycles. The molecule has 0 aromatic heterocycles. The van der Waals surface area contributed by atoms with Crippen molar-refractivity contribution in [2.75, 3.05) is 18.0 Å². The van der Waals surface area contributed by atoms with Gasteiger partial charge in [0.1, 0.15) is 0 Å². The minimum absolute atomic E-state index is 0.267. The predicted molar refractivity (Wildman–Crippen MR) is 88.7 cm³/mol. The van der Waals surface area contributed by atoms with Crippen molar-refractivity contribution < 1.29 is 4.79 Å². The number of benzene rings is 1. The summed E-state index contributed by atoms with van der Waals surface area (Å²) in [5.41, 5.74) is 2.42. The molecule has 1 aromatic rings. The van der Waals surface area contributed by atoms with Crippen molar-refractivity contribution in [3.05, 3.63) is 29.8 Å². The minimum Gasteiger partial charge on any atom is -0.312 e. The van der Waals surface area contributed by atoms with E-state index in [1.54, 1.807) is 0 Å². The maximum Gasteiger partial charge on any atom is 0.227 e. The van der Waals surface area contributed by atoms with E-state index in [4.69, 9.17) is 0 Å². The number of aryl methyl sites for hydroxylation is 1. The second kappa shape index (κ2) is 7.60. The van der Waals surface area contributed by atoms with Gasteiger partial charge in [-0.15, -0.1) is 0 Å². The molecule has 1 N–H and O–H groups in total. The van der Waals surface area contributed by atoms with Gasteiger partial charge in [0, 0.05) is 24.7 Å². The van der Waals surface area contributed by atoms with Gasteiger partial charge in [0.15, 0.2) is 0 Å². The van der Waals surface area contributed by atoms with E-state index in [1.165, 1.54) is 5.56 Å². The lowest BCUT2D eigenvalue weighted by atomic mass is 10.0. The van der Waals surface area contributed by atoms with E-state index < -0.39 is 0 Å². The third-order valence-corrected chi connectivity index (χ3v) is 4.26. The summed E-state index contributed by atoms with van der Waals surface area (Å²) in [6, 6.07) is 8.71. The molecule has 0 radical (unpaired) electrons. The van der Waals surface area contributed by atoms with E-state index in [2.05, 4.69) is 44.3 Å². The molecular weight excluding hydrogens is 260 g/mol. The molecule has 1 aliphatic heterocycles. The van der Waals surface area contributed by atoms with Crippen molar-refractivity contribution in [2.24, 2.45) is 5.92 Å². The topological polar surface area (TPSA) is 32.3 Å². The monoisotopic (exact) mass is 288 g/mol. The molecule has 1 amide bonds. The minimum atomic E-state index is 0.267. The van der Waals surface area contributed by atoms with Crippen LogP contribution in [0.15, 0.2) is 24.3 Å². The largest absolute Gasteiger partial charge is 0.312 e. The van der Waals surface area contributed by atoms with E-state index in [0.717, 1.165) is 38.0 Å². The number of carbonyl (C=O) groups is 1. The molecule has 3 nitrogen and oxygen atoms in total. The van der Waals surface area contributed by atoms with Crippen molar-refractivity contribution >= 4 is 11.6 Å². The van der Waals surface area contributed by atoms with Gasteiger partial charge < -0.3 is 10.2 Å². The fourth-order valence-electron chi connectivity index (χ4n) is 2.92. The fraction of sp³-hybridized carbons (Fsp3) is 0.611. The van der Waals surface area contributed by atoms with Crippen LogP contribution in [-0.2, 0) is 11.2 Å². The molecule has 21 heavy (non-hydrogen) atoms. The molecule has 1 aliphatic rings. The molecule has 1 aromatic carbocycles. The molecule has 1 atom stereocenters. The molecule has 0 bridgehead atoms. The van der Waals surface area contributed by atoms with Crippen LogP contribution in [0.4, 0.5) is 5.69 Å². The summed E-state index contributed by atoms with van der Waals surface area (Å²) >= 11 is 0. The van der Waals surface area contributed by atoms with E-state index in [0.29, 0.717) is 18.4 Å². The van der Waals surface area contributed by atoms with Gasteiger partial charge in [-0.3, -0.25) is 4.79 Å². The van der Waals surface area contributed by atoms with Crippen molar-refractivity contribution in [1.29, 1.82) is 0 Å². The maximum atomic E-state index is 12.5. The number of fused-ring (bicyclic) bond motifs is 1. The highest BCUT2D eigenvalue weighted by Gasteiger charge is 2.25. The van der Waals surface area contributed by atoms with E-state index >= 15 is 0 Å². The number of carbonyl (C=O) groups excluding carboxylic acids is 1. The first-order valence-corrected chi connectivity index (χ1v) is 8.25. The normalized spacial score (nSPS) is 16.8. The molecule has 0 spiro atoms. The third-order valence-electron chi connectivity index (χ3n) is 4.26. The van der Waals surface area contributed by atoms with Gasteiger partial charge in [-0.25, -0.2) is 0 Å². The second-order valence-corrected chi connectivity index (χ2v) is 6.29. The highest BCUT2D eigenvalue weighted by Crippen LogP contribution is 2.27. The first kappa shape index (κ1) is 16.0. The van der Waals surface area contributed by atoms with Crippen molar-refractivity contribution in [3.63, 3.8) is 0 Å². The first-order chi connectivity index (χ1) is 10.1. The molecule has 1 heterocycles. The molecule has 3 heteroatoms. The maximum absolute atomic E-state index is 12.5. The number of anilines is 1. The fourth-order valence-corrected chi connectivity index (χ4v) is 2.92. The summed E-state index contributed by atoms with van der Waals surface area (Å²) in [5.74, 6) is 0.781. The Balaban J connectivity index is 2.21. The zero-order valence-electron chi connectivity index (χ0n) is 13.6. The zero-order valence-corrected chi connectivity index (χ0v) is 13.6. The summed E-state index contributed by atoms with van der Waals surface area (Å²) in [5, 5.41) is 3.59. The number of hydrogen-bond donors (Lipinski definition) is 1. The van der Waals surface area contributed by atoms with Crippen LogP contribution >= 0.6 is 0 Å². The first-order valence-electron chi connectivity index (χ1n) is 8.25. The number of nitrogens with one attached hydrogen (secondary N) is 1. The van der Waals surface area contributed by atoms with Crippen LogP contribution in [0.1, 0.15) is 45.6 Å². The van der Waals surface area contributed by atoms with Crippen LogP contribution in [0, 0.1) is 5.92 Å². The molecule has 2 rings (SSSR count). The van der Waals surface area contributed by atoms with Crippen molar-refractivity contribution in [1.82, 2.24) is 5.32 Å². The average Bonchev–Trinajstić information content (AvgIpc) is 2.62. The van der Waals surface area contributed by atoms with Crippen LogP contribution < -0.4 is 10.2 Å². The van der Waals surface area contributed by atoms with Crippen molar-refractivity contribution in [3.8, 4) is 0 Å². The number of nitrogens with zero attached hydrogens (tertiary/aromatic N) is 1. The van der Waals surface area contributed by atoms with Gasteiger partial charge in [0.2, 0.25) is 5.91 Å². The lowest BCUT2D eigenvalue weighted by Crippen LogP contribution is -2.46. The highest BCUT2D eigenvalue weighted by molar-refractivity contribution is 5.94. The summed E-state index contributed by atoms with van der Waals surface area (Å²) in [7, 11) is 0. The van der Waals surface area contributed by atoms with Crippen LogP contribution in [0.3, 0.4) is 0 Å². The smallest absolute Gasteiger partial charge is 0.227 e. The summed E-state index contributed by atoms with van der Waals surface area (Å²) < 4.78 is 0. The Hall–Kier alpha value is -1.35. The molecule has 0 saturated heterocycles. The van der Waals surface area contributed by atoms with Crippen LogP contribution in [0.5, 0.6) is 0 Å². The molecule has 0 saturated carbocycles. The predicted octanol–water partition coefficient (Wildman–Crippen LogP) is 3.38. The Labute approximate surface area is 128 Å².